The summed E-state index contributed by atoms with van der Waals surface area (Å²) in [6.45, 7) is 12.0. The van der Waals surface area contributed by atoms with Gasteiger partial charge >= 0.3 is 0 Å². The van der Waals surface area contributed by atoms with Crippen LogP contribution in [0.4, 0.5) is 0 Å². The molecule has 0 saturated carbocycles. The van der Waals surface area contributed by atoms with Crippen molar-refractivity contribution in [2.24, 2.45) is 10.9 Å². The molecule has 0 aromatic rings. The predicted molar refractivity (Wildman–Crippen MR) is 64.5 cm³/mol. The molecule has 1 aliphatic rings. The number of rotatable bonds is 3. The molecule has 1 atom stereocenters. The fourth-order valence-electron chi connectivity index (χ4n) is 1.16. The van der Waals surface area contributed by atoms with Crippen LogP contribution in [0.1, 0.15) is 13.8 Å². The van der Waals surface area contributed by atoms with Gasteiger partial charge in [0.05, 0.1) is 14.1 Å². The predicted octanol–water partition coefficient (Wildman–Crippen LogP) is 2.87. The first-order chi connectivity index (χ1) is 6.38. The summed E-state index contributed by atoms with van der Waals surface area (Å²) in [4.78, 5) is 4.52. The van der Waals surface area contributed by atoms with E-state index >= 15 is 0 Å². The van der Waals surface area contributed by atoms with Gasteiger partial charge in [-0.25, -0.2) is 4.99 Å². The third-order valence-electron chi connectivity index (χ3n) is 2.19. The second-order valence-electron chi connectivity index (χ2n) is 5.29. The van der Waals surface area contributed by atoms with Crippen molar-refractivity contribution < 1.29 is 4.74 Å². The Hall–Kier alpha value is -0.573. The zero-order chi connectivity index (χ0) is 10.8. The van der Waals surface area contributed by atoms with Gasteiger partial charge in [-0.05, 0) is 12.0 Å². The molecule has 0 bridgehead atoms. The summed E-state index contributed by atoms with van der Waals surface area (Å²) in [6.07, 6.45) is 2.05. The molecule has 0 fully saturated rings. The van der Waals surface area contributed by atoms with Gasteiger partial charge in [-0.2, -0.15) is 0 Å². The third-order valence-corrected chi connectivity index (χ3v) is 3.36. The molecule has 0 amide bonds. The molecule has 0 saturated heterocycles. The van der Waals surface area contributed by atoms with Crippen LogP contribution >= 0.6 is 0 Å². The van der Waals surface area contributed by atoms with Gasteiger partial charge in [0.15, 0.2) is 0 Å². The molecule has 2 nitrogen and oxygen atoms in total. The van der Waals surface area contributed by atoms with Crippen molar-refractivity contribution in [3.8, 4) is 0 Å². The van der Waals surface area contributed by atoms with Crippen LogP contribution in [0.5, 0.6) is 0 Å². The summed E-state index contributed by atoms with van der Waals surface area (Å²) in [5.41, 5.74) is 2.27. The molecule has 0 N–H and O–H groups in total. The average molecular weight is 211 g/mol. The number of hydrogen-bond donors (Lipinski definition) is 0. The fraction of sp³-hybridized carbons (Fsp3) is 0.727. The Labute approximate surface area is 88.1 Å². The van der Waals surface area contributed by atoms with E-state index in [9.17, 15) is 0 Å². The van der Waals surface area contributed by atoms with Crippen LogP contribution in [0.3, 0.4) is 0 Å². The monoisotopic (exact) mass is 211 g/mol. The van der Waals surface area contributed by atoms with Crippen molar-refractivity contribution in [2.75, 3.05) is 6.61 Å². The van der Waals surface area contributed by atoms with Gasteiger partial charge in [-0.3, -0.25) is 0 Å². The minimum absolute atomic E-state index is 0.358. The second kappa shape index (κ2) is 4.30. The van der Waals surface area contributed by atoms with Crippen molar-refractivity contribution >= 4 is 14.0 Å². The average Bonchev–Trinajstić information content (AvgIpc) is 2.47. The van der Waals surface area contributed by atoms with Crippen LogP contribution in [0.15, 0.2) is 16.8 Å². The molecule has 80 valence electrons. The number of aliphatic imine (C=N–C) groups is 1. The minimum atomic E-state index is -1.12. The van der Waals surface area contributed by atoms with Crippen LogP contribution in [-0.4, -0.2) is 26.6 Å². The topological polar surface area (TPSA) is 21.6 Å². The Morgan fingerprint density at radius 3 is 2.50 bits per heavy atom. The fourth-order valence-corrected chi connectivity index (χ4v) is 1.81. The molecule has 1 aliphatic heterocycles. The van der Waals surface area contributed by atoms with E-state index in [1.807, 2.05) is 0 Å². The van der Waals surface area contributed by atoms with E-state index in [0.717, 1.165) is 12.5 Å². The largest absolute Gasteiger partial charge is 0.476 e. The second-order valence-corrected chi connectivity index (χ2v) is 10.4. The highest BCUT2D eigenvalue weighted by atomic mass is 28.3. The maximum absolute atomic E-state index is 5.51. The molecule has 0 unspecified atom stereocenters. The van der Waals surface area contributed by atoms with Crippen LogP contribution < -0.4 is 0 Å². The van der Waals surface area contributed by atoms with Crippen LogP contribution in [0.2, 0.25) is 19.6 Å². The summed E-state index contributed by atoms with van der Waals surface area (Å²) < 4.78 is 5.51. The zero-order valence-corrected chi connectivity index (χ0v) is 10.9. The Morgan fingerprint density at radius 2 is 2.07 bits per heavy atom. The molecule has 1 heterocycles. The molecular formula is C11H21NOSi. The maximum atomic E-state index is 5.51. The van der Waals surface area contributed by atoms with Gasteiger partial charge in [0, 0.05) is 0 Å². The molecular weight excluding hydrogens is 190 g/mol. The Kier molecular flexibility index (Phi) is 3.53. The van der Waals surface area contributed by atoms with Crippen molar-refractivity contribution in [1.82, 2.24) is 0 Å². The molecule has 0 aromatic carbocycles. The Bertz CT molecular complexity index is 251. The summed E-state index contributed by atoms with van der Waals surface area (Å²) in [6, 6.07) is 0.358. The third kappa shape index (κ3) is 3.66. The Balaban J connectivity index is 2.56. The quantitative estimate of drug-likeness (QED) is 0.658. The highest BCUT2D eigenvalue weighted by Gasteiger charge is 2.20. The first kappa shape index (κ1) is 11.5. The lowest BCUT2D eigenvalue weighted by Gasteiger charge is -2.07. The molecule has 0 aliphatic carbocycles. The number of ether oxygens (including phenoxy) is 1. The van der Waals surface area contributed by atoms with E-state index in [0.29, 0.717) is 12.0 Å². The SMILES string of the molecule is CC(C)[C@H]1COC(/C=C/[Si](C)(C)C)=N1. The van der Waals surface area contributed by atoms with E-state index in [4.69, 9.17) is 4.74 Å². The minimum Gasteiger partial charge on any atom is -0.476 e. The van der Waals surface area contributed by atoms with Gasteiger partial charge in [0.25, 0.3) is 0 Å². The van der Waals surface area contributed by atoms with Gasteiger partial charge in [0.2, 0.25) is 5.90 Å². The van der Waals surface area contributed by atoms with E-state index in [1.165, 1.54) is 0 Å². The van der Waals surface area contributed by atoms with Crippen molar-refractivity contribution in [3.05, 3.63) is 11.8 Å². The maximum Gasteiger partial charge on any atom is 0.208 e. The lowest BCUT2D eigenvalue weighted by molar-refractivity contribution is 0.292. The van der Waals surface area contributed by atoms with Crippen LogP contribution in [0, 0.1) is 5.92 Å². The molecule has 1 rings (SSSR count). The van der Waals surface area contributed by atoms with Gasteiger partial charge < -0.3 is 4.74 Å². The van der Waals surface area contributed by atoms with Gasteiger partial charge in [-0.1, -0.05) is 39.2 Å². The molecule has 0 radical (unpaired) electrons. The zero-order valence-electron chi connectivity index (χ0n) is 9.87. The highest BCUT2D eigenvalue weighted by Crippen LogP contribution is 2.14. The lowest BCUT2D eigenvalue weighted by Crippen LogP contribution is -2.16. The first-order valence-electron chi connectivity index (χ1n) is 5.28. The summed E-state index contributed by atoms with van der Waals surface area (Å²) >= 11 is 0. The summed E-state index contributed by atoms with van der Waals surface area (Å²) in [5.74, 6) is 1.40. The number of hydrogen-bond acceptors (Lipinski definition) is 2. The molecule has 3 heteroatoms. The van der Waals surface area contributed by atoms with Crippen LogP contribution in [-0.2, 0) is 4.74 Å². The standard InChI is InChI=1S/C11H21NOSi/c1-9(2)10-8-13-11(12-10)6-7-14(3,4)5/h6-7,9-10H,8H2,1-5H3/b7-6+/t10-/m1/s1. The first-order valence-corrected chi connectivity index (χ1v) is 8.86. The van der Waals surface area contributed by atoms with Crippen LogP contribution in [0.25, 0.3) is 0 Å². The molecule has 0 aromatic heterocycles. The van der Waals surface area contributed by atoms with Gasteiger partial charge in [0.1, 0.15) is 6.61 Å². The molecule has 0 spiro atoms. The summed E-state index contributed by atoms with van der Waals surface area (Å²) in [5, 5.41) is 0. The van der Waals surface area contributed by atoms with E-state index in [1.54, 1.807) is 0 Å². The smallest absolute Gasteiger partial charge is 0.208 e. The lowest BCUT2D eigenvalue weighted by atomic mass is 10.1. The van der Waals surface area contributed by atoms with Crippen molar-refractivity contribution in [1.29, 1.82) is 0 Å². The number of nitrogens with zero attached hydrogens (tertiary/aromatic N) is 1. The van der Waals surface area contributed by atoms with E-state index in [-0.39, 0.29) is 0 Å². The highest BCUT2D eigenvalue weighted by molar-refractivity contribution is 6.81. The van der Waals surface area contributed by atoms with Crippen molar-refractivity contribution in [3.63, 3.8) is 0 Å². The van der Waals surface area contributed by atoms with E-state index in [2.05, 4.69) is 50.3 Å². The normalized spacial score (nSPS) is 23.0. The van der Waals surface area contributed by atoms with Crippen molar-refractivity contribution in [2.45, 2.75) is 39.5 Å². The van der Waals surface area contributed by atoms with Gasteiger partial charge in [-0.15, -0.1) is 0 Å². The Morgan fingerprint density at radius 1 is 1.43 bits per heavy atom. The molecule has 14 heavy (non-hydrogen) atoms. The summed E-state index contributed by atoms with van der Waals surface area (Å²) in [7, 11) is -1.12. The van der Waals surface area contributed by atoms with E-state index < -0.39 is 8.07 Å².